The number of rotatable bonds is 4. The molecule has 0 saturated heterocycles. The van der Waals surface area contributed by atoms with Gasteiger partial charge in [-0.2, -0.15) is 0 Å². The van der Waals surface area contributed by atoms with Crippen LogP contribution in [0.15, 0.2) is 18.2 Å². The Morgan fingerprint density at radius 3 is 2.69 bits per heavy atom. The minimum absolute atomic E-state index is 0.0780. The second-order valence-corrected chi connectivity index (χ2v) is 3.34. The molecule has 0 saturated carbocycles. The van der Waals surface area contributed by atoms with Crippen molar-refractivity contribution in [2.75, 3.05) is 27.3 Å². The number of aliphatic hydroxyl groups is 1. The number of phenolic OH excluding ortho intramolecular Hbond substituents is 1. The van der Waals surface area contributed by atoms with Crippen molar-refractivity contribution in [2.45, 2.75) is 0 Å². The topological polar surface area (TPSA) is 70.0 Å². The van der Waals surface area contributed by atoms with Gasteiger partial charge in [-0.25, -0.2) is 0 Å². The van der Waals surface area contributed by atoms with Gasteiger partial charge in [0.2, 0.25) is 0 Å². The van der Waals surface area contributed by atoms with Crippen LogP contribution in [0.1, 0.15) is 10.4 Å². The Morgan fingerprint density at radius 2 is 2.19 bits per heavy atom. The molecule has 2 N–H and O–H groups in total. The highest BCUT2D eigenvalue weighted by Crippen LogP contribution is 2.26. The summed E-state index contributed by atoms with van der Waals surface area (Å²) in [5.74, 6) is -0.0147. The van der Waals surface area contributed by atoms with E-state index in [1.807, 2.05) is 0 Å². The van der Waals surface area contributed by atoms with Crippen LogP contribution in [-0.4, -0.2) is 48.3 Å². The molecular formula is C11H15NO4. The maximum Gasteiger partial charge on any atom is 0.253 e. The number of ether oxygens (including phenoxy) is 1. The summed E-state index contributed by atoms with van der Waals surface area (Å²) in [6.45, 7) is 0.163. The molecule has 0 spiro atoms. The van der Waals surface area contributed by atoms with Crippen molar-refractivity contribution in [3.8, 4) is 11.5 Å². The number of hydrogen-bond donors (Lipinski definition) is 2. The predicted octanol–water partition coefficient (Wildman–Crippen LogP) is 0.465. The number of benzene rings is 1. The lowest BCUT2D eigenvalue weighted by atomic mass is 10.2. The third-order valence-electron chi connectivity index (χ3n) is 2.21. The van der Waals surface area contributed by atoms with Crippen LogP contribution in [0.3, 0.4) is 0 Å². The van der Waals surface area contributed by atoms with Gasteiger partial charge in [0.1, 0.15) is 0 Å². The number of hydrogen-bond acceptors (Lipinski definition) is 4. The van der Waals surface area contributed by atoms with E-state index in [2.05, 4.69) is 0 Å². The summed E-state index contributed by atoms with van der Waals surface area (Å²) >= 11 is 0. The van der Waals surface area contributed by atoms with Crippen LogP contribution in [0.2, 0.25) is 0 Å². The van der Waals surface area contributed by atoms with E-state index in [0.29, 0.717) is 11.3 Å². The molecule has 1 rings (SSSR count). The van der Waals surface area contributed by atoms with Crippen LogP contribution in [0.25, 0.3) is 0 Å². The Kier molecular flexibility index (Phi) is 4.13. The standard InChI is InChI=1S/C11H15NO4/c1-12(5-6-13)11(15)8-3-4-10(16-2)9(14)7-8/h3-4,7,13-14H,5-6H2,1-2H3. The van der Waals surface area contributed by atoms with Gasteiger partial charge in [-0.1, -0.05) is 0 Å². The average molecular weight is 225 g/mol. The molecule has 1 amide bonds. The normalized spacial score (nSPS) is 9.94. The molecule has 1 aromatic rings. The molecule has 0 bridgehead atoms. The van der Waals surface area contributed by atoms with Crippen molar-refractivity contribution in [2.24, 2.45) is 0 Å². The molecule has 0 fully saturated rings. The highest BCUT2D eigenvalue weighted by atomic mass is 16.5. The van der Waals surface area contributed by atoms with E-state index in [0.717, 1.165) is 0 Å². The minimum atomic E-state index is -0.257. The molecule has 0 aliphatic rings. The molecule has 1 aromatic carbocycles. The Morgan fingerprint density at radius 1 is 1.50 bits per heavy atom. The minimum Gasteiger partial charge on any atom is -0.504 e. The van der Waals surface area contributed by atoms with Gasteiger partial charge in [0.15, 0.2) is 11.5 Å². The molecule has 5 heteroatoms. The molecule has 0 atom stereocenters. The molecular weight excluding hydrogens is 210 g/mol. The lowest BCUT2D eigenvalue weighted by Crippen LogP contribution is -2.29. The zero-order valence-electron chi connectivity index (χ0n) is 9.30. The van der Waals surface area contributed by atoms with E-state index < -0.39 is 0 Å². The van der Waals surface area contributed by atoms with Crippen molar-refractivity contribution in [1.29, 1.82) is 0 Å². The smallest absolute Gasteiger partial charge is 0.253 e. The van der Waals surface area contributed by atoms with Crippen molar-refractivity contribution in [1.82, 2.24) is 4.90 Å². The van der Waals surface area contributed by atoms with Crippen LogP contribution in [0, 0.1) is 0 Å². The number of carbonyl (C=O) groups excluding carboxylic acids is 1. The van der Waals surface area contributed by atoms with Gasteiger partial charge < -0.3 is 19.8 Å². The number of aliphatic hydroxyl groups excluding tert-OH is 1. The summed E-state index contributed by atoms with van der Waals surface area (Å²) in [5, 5.41) is 18.2. The summed E-state index contributed by atoms with van der Waals surface area (Å²) in [5.41, 5.74) is 0.356. The van der Waals surface area contributed by atoms with Crippen LogP contribution >= 0.6 is 0 Å². The van der Waals surface area contributed by atoms with Gasteiger partial charge in [0.05, 0.1) is 13.7 Å². The SMILES string of the molecule is COc1ccc(C(=O)N(C)CCO)cc1O. The van der Waals surface area contributed by atoms with Crippen molar-refractivity contribution in [3.05, 3.63) is 23.8 Å². The Balaban J connectivity index is 2.88. The summed E-state index contributed by atoms with van der Waals surface area (Å²) in [4.78, 5) is 13.1. The van der Waals surface area contributed by atoms with E-state index in [4.69, 9.17) is 9.84 Å². The van der Waals surface area contributed by atoms with Gasteiger partial charge in [-0.3, -0.25) is 4.79 Å². The van der Waals surface area contributed by atoms with Crippen LogP contribution < -0.4 is 4.74 Å². The van der Waals surface area contributed by atoms with E-state index in [-0.39, 0.29) is 24.8 Å². The second kappa shape index (κ2) is 5.37. The summed E-state index contributed by atoms with van der Waals surface area (Å²) in [6, 6.07) is 4.43. The monoisotopic (exact) mass is 225 g/mol. The van der Waals surface area contributed by atoms with E-state index >= 15 is 0 Å². The number of carbonyl (C=O) groups is 1. The first-order chi connectivity index (χ1) is 7.60. The molecule has 88 valence electrons. The zero-order valence-corrected chi connectivity index (χ0v) is 9.30. The summed E-state index contributed by atoms with van der Waals surface area (Å²) in [6.07, 6.45) is 0. The molecule has 0 heterocycles. The van der Waals surface area contributed by atoms with Gasteiger partial charge >= 0.3 is 0 Å². The Hall–Kier alpha value is -1.75. The quantitative estimate of drug-likeness (QED) is 0.781. The van der Waals surface area contributed by atoms with Gasteiger partial charge in [-0.15, -0.1) is 0 Å². The number of methoxy groups -OCH3 is 1. The maximum absolute atomic E-state index is 11.7. The van der Waals surface area contributed by atoms with E-state index in [9.17, 15) is 9.90 Å². The van der Waals surface area contributed by atoms with E-state index in [1.165, 1.54) is 24.1 Å². The van der Waals surface area contributed by atoms with Gasteiger partial charge in [0, 0.05) is 19.2 Å². The molecule has 0 unspecified atom stereocenters. The zero-order chi connectivity index (χ0) is 12.1. The number of aromatic hydroxyl groups is 1. The fourth-order valence-electron chi connectivity index (χ4n) is 1.29. The van der Waals surface area contributed by atoms with Crippen molar-refractivity contribution >= 4 is 5.91 Å². The number of nitrogens with zero attached hydrogens (tertiary/aromatic N) is 1. The van der Waals surface area contributed by atoms with Crippen molar-refractivity contribution < 1.29 is 19.7 Å². The summed E-state index contributed by atoms with van der Waals surface area (Å²) in [7, 11) is 3.02. The third-order valence-corrected chi connectivity index (χ3v) is 2.21. The Labute approximate surface area is 93.9 Å². The first kappa shape index (κ1) is 12.3. The lowest BCUT2D eigenvalue weighted by molar-refractivity contribution is 0.0766. The van der Waals surface area contributed by atoms with Crippen LogP contribution in [0.4, 0.5) is 0 Å². The van der Waals surface area contributed by atoms with Gasteiger partial charge in [-0.05, 0) is 18.2 Å². The average Bonchev–Trinajstić information content (AvgIpc) is 2.28. The molecule has 0 radical (unpaired) electrons. The highest BCUT2D eigenvalue weighted by molar-refractivity contribution is 5.94. The molecule has 16 heavy (non-hydrogen) atoms. The largest absolute Gasteiger partial charge is 0.504 e. The highest BCUT2D eigenvalue weighted by Gasteiger charge is 2.13. The van der Waals surface area contributed by atoms with Crippen molar-refractivity contribution in [3.63, 3.8) is 0 Å². The maximum atomic E-state index is 11.7. The second-order valence-electron chi connectivity index (χ2n) is 3.34. The predicted molar refractivity (Wildman–Crippen MR) is 58.7 cm³/mol. The van der Waals surface area contributed by atoms with Crippen LogP contribution in [-0.2, 0) is 0 Å². The van der Waals surface area contributed by atoms with Crippen LogP contribution in [0.5, 0.6) is 11.5 Å². The van der Waals surface area contributed by atoms with Gasteiger partial charge in [0.25, 0.3) is 5.91 Å². The molecule has 0 aliphatic carbocycles. The number of phenols is 1. The lowest BCUT2D eigenvalue weighted by Gasteiger charge is -2.16. The first-order valence-electron chi connectivity index (χ1n) is 4.83. The Bertz CT molecular complexity index is 378. The number of likely N-dealkylation sites (N-methyl/N-ethyl adjacent to an activating group) is 1. The molecule has 0 aromatic heterocycles. The third kappa shape index (κ3) is 2.64. The molecule has 0 aliphatic heterocycles. The van der Waals surface area contributed by atoms with E-state index in [1.54, 1.807) is 13.1 Å². The molecule has 5 nitrogen and oxygen atoms in total. The first-order valence-corrected chi connectivity index (χ1v) is 4.83. The fourth-order valence-corrected chi connectivity index (χ4v) is 1.29. The fraction of sp³-hybridized carbons (Fsp3) is 0.364. The number of amides is 1. The summed E-state index contributed by atoms with van der Waals surface area (Å²) < 4.78 is 4.87.